The van der Waals surface area contributed by atoms with Crippen molar-refractivity contribution in [2.75, 3.05) is 7.11 Å². The molecule has 0 aliphatic heterocycles. The van der Waals surface area contributed by atoms with Crippen LogP contribution in [0.5, 0.6) is 0 Å². The van der Waals surface area contributed by atoms with E-state index in [1.165, 1.54) is 7.11 Å². The highest BCUT2D eigenvalue weighted by atomic mass is 32.1. The van der Waals surface area contributed by atoms with Gasteiger partial charge in [-0.3, -0.25) is 4.79 Å². The third-order valence-corrected chi connectivity index (χ3v) is 3.59. The van der Waals surface area contributed by atoms with Crippen LogP contribution < -0.4 is 5.73 Å². The van der Waals surface area contributed by atoms with E-state index in [-0.39, 0.29) is 5.97 Å². The average Bonchev–Trinajstić information content (AvgIpc) is 2.79. The quantitative estimate of drug-likeness (QED) is 0.694. The maximum atomic E-state index is 11.8. The Balaban J connectivity index is 2.37. The SMILES string of the molecule is COC(=O)C(C)(C)Cn1ccc2cc(C(N)=S)ccc21. The van der Waals surface area contributed by atoms with Gasteiger partial charge >= 0.3 is 5.97 Å². The third kappa shape index (κ3) is 2.67. The van der Waals surface area contributed by atoms with Crippen LogP contribution in [0.4, 0.5) is 0 Å². The van der Waals surface area contributed by atoms with Crippen molar-refractivity contribution < 1.29 is 9.53 Å². The Bertz CT molecular complexity index is 674. The van der Waals surface area contributed by atoms with Gasteiger partial charge in [-0.15, -0.1) is 0 Å². The second-order valence-corrected chi connectivity index (χ2v) is 5.90. The molecule has 0 atom stereocenters. The summed E-state index contributed by atoms with van der Waals surface area (Å²) in [5.41, 5.74) is 6.94. The maximum absolute atomic E-state index is 11.8. The molecule has 0 spiro atoms. The zero-order valence-electron chi connectivity index (χ0n) is 11.8. The Labute approximate surface area is 123 Å². The first-order valence-corrected chi connectivity index (χ1v) is 6.73. The van der Waals surface area contributed by atoms with Crippen molar-refractivity contribution in [3.05, 3.63) is 36.0 Å². The zero-order chi connectivity index (χ0) is 14.9. The summed E-state index contributed by atoms with van der Waals surface area (Å²) in [6.45, 7) is 4.29. The molecule has 2 N–H and O–H groups in total. The molecule has 1 heterocycles. The van der Waals surface area contributed by atoms with Gasteiger partial charge in [0.25, 0.3) is 0 Å². The molecule has 1 aromatic heterocycles. The molecule has 0 radical (unpaired) electrons. The fraction of sp³-hybridized carbons (Fsp3) is 0.333. The van der Waals surface area contributed by atoms with Crippen LogP contribution in [0.25, 0.3) is 10.9 Å². The van der Waals surface area contributed by atoms with Crippen molar-refractivity contribution in [3.63, 3.8) is 0 Å². The van der Waals surface area contributed by atoms with E-state index in [4.69, 9.17) is 22.7 Å². The molecule has 0 fully saturated rings. The Morgan fingerprint density at radius 3 is 2.70 bits per heavy atom. The highest BCUT2D eigenvalue weighted by molar-refractivity contribution is 7.80. The fourth-order valence-corrected chi connectivity index (χ4v) is 2.38. The van der Waals surface area contributed by atoms with Gasteiger partial charge in [0.15, 0.2) is 0 Å². The van der Waals surface area contributed by atoms with Crippen LogP contribution in [-0.2, 0) is 16.1 Å². The number of fused-ring (bicyclic) bond motifs is 1. The lowest BCUT2D eigenvalue weighted by atomic mass is 9.93. The second-order valence-electron chi connectivity index (χ2n) is 5.46. The smallest absolute Gasteiger partial charge is 0.313 e. The van der Waals surface area contributed by atoms with Gasteiger partial charge in [0, 0.05) is 29.2 Å². The molecule has 0 amide bonds. The second kappa shape index (κ2) is 5.25. The lowest BCUT2D eigenvalue weighted by Crippen LogP contribution is -2.30. The van der Waals surface area contributed by atoms with Crippen molar-refractivity contribution in [3.8, 4) is 0 Å². The third-order valence-electron chi connectivity index (χ3n) is 3.36. The van der Waals surface area contributed by atoms with Gasteiger partial charge in [-0.1, -0.05) is 12.2 Å². The fourth-order valence-electron chi connectivity index (χ4n) is 2.26. The number of aromatic nitrogens is 1. The molecule has 1 aromatic carbocycles. The number of carbonyl (C=O) groups is 1. The summed E-state index contributed by atoms with van der Waals surface area (Å²) in [4.78, 5) is 12.2. The van der Waals surface area contributed by atoms with E-state index >= 15 is 0 Å². The predicted octanol–water partition coefficient (Wildman–Crippen LogP) is 2.47. The van der Waals surface area contributed by atoms with Gasteiger partial charge in [0.05, 0.1) is 12.5 Å². The minimum atomic E-state index is -0.581. The monoisotopic (exact) mass is 290 g/mol. The minimum absolute atomic E-state index is 0.223. The molecular formula is C15H18N2O2S. The number of esters is 1. The van der Waals surface area contributed by atoms with Crippen LogP contribution in [0.15, 0.2) is 30.5 Å². The Hall–Kier alpha value is -1.88. The number of methoxy groups -OCH3 is 1. The predicted molar refractivity (Wildman–Crippen MR) is 83.6 cm³/mol. The standard InChI is InChI=1S/C15H18N2O2S/c1-15(2,14(18)19-3)9-17-7-6-10-8-11(13(16)20)4-5-12(10)17/h4-8H,9H2,1-3H3,(H2,16,20). The normalized spacial score (nSPS) is 11.6. The van der Waals surface area contributed by atoms with Gasteiger partial charge in [0.2, 0.25) is 0 Å². The van der Waals surface area contributed by atoms with Gasteiger partial charge in [-0.05, 0) is 38.1 Å². The summed E-state index contributed by atoms with van der Waals surface area (Å²) in [6.07, 6.45) is 1.96. The van der Waals surface area contributed by atoms with Crippen molar-refractivity contribution in [1.82, 2.24) is 4.57 Å². The molecule has 0 saturated heterocycles. The van der Waals surface area contributed by atoms with E-state index < -0.39 is 5.41 Å². The number of ether oxygens (including phenoxy) is 1. The number of nitrogens with two attached hydrogens (primary N) is 1. The van der Waals surface area contributed by atoms with Crippen LogP contribution in [0.1, 0.15) is 19.4 Å². The van der Waals surface area contributed by atoms with Crippen LogP contribution in [0.3, 0.4) is 0 Å². The van der Waals surface area contributed by atoms with E-state index in [0.29, 0.717) is 11.5 Å². The Kier molecular flexibility index (Phi) is 3.81. The molecule has 2 aromatic rings. The number of carbonyl (C=O) groups excluding carboxylic acids is 1. The number of nitrogens with zero attached hydrogens (tertiary/aromatic N) is 1. The molecule has 0 aliphatic carbocycles. The first kappa shape index (κ1) is 14.5. The van der Waals surface area contributed by atoms with Crippen LogP contribution >= 0.6 is 12.2 Å². The lowest BCUT2D eigenvalue weighted by Gasteiger charge is -2.22. The number of thiocarbonyl (C=S) groups is 1. The molecule has 106 valence electrons. The molecule has 0 saturated carbocycles. The van der Waals surface area contributed by atoms with Gasteiger partial charge in [0.1, 0.15) is 4.99 Å². The number of rotatable bonds is 4. The number of hydrogen-bond donors (Lipinski definition) is 1. The summed E-state index contributed by atoms with van der Waals surface area (Å²) < 4.78 is 6.88. The van der Waals surface area contributed by atoms with Gasteiger partial charge in [-0.25, -0.2) is 0 Å². The maximum Gasteiger partial charge on any atom is 0.313 e. The molecule has 2 rings (SSSR count). The first-order chi connectivity index (χ1) is 9.35. The van der Waals surface area contributed by atoms with Crippen molar-refractivity contribution >= 4 is 34.1 Å². The Morgan fingerprint density at radius 1 is 1.40 bits per heavy atom. The van der Waals surface area contributed by atoms with Crippen LogP contribution in [0.2, 0.25) is 0 Å². The van der Waals surface area contributed by atoms with Crippen molar-refractivity contribution in [1.29, 1.82) is 0 Å². The summed E-state index contributed by atoms with van der Waals surface area (Å²) in [7, 11) is 1.41. The molecule has 0 unspecified atom stereocenters. The highest BCUT2D eigenvalue weighted by Gasteiger charge is 2.29. The average molecular weight is 290 g/mol. The molecule has 20 heavy (non-hydrogen) atoms. The molecule has 5 heteroatoms. The van der Waals surface area contributed by atoms with Gasteiger partial charge < -0.3 is 15.0 Å². The van der Waals surface area contributed by atoms with Crippen LogP contribution in [0, 0.1) is 5.41 Å². The topological polar surface area (TPSA) is 57.2 Å². The van der Waals surface area contributed by atoms with E-state index in [1.807, 2.05) is 48.9 Å². The van der Waals surface area contributed by atoms with E-state index in [1.54, 1.807) is 0 Å². The summed E-state index contributed by atoms with van der Waals surface area (Å²) in [5.74, 6) is -0.223. The van der Waals surface area contributed by atoms with Crippen LogP contribution in [-0.4, -0.2) is 22.6 Å². The first-order valence-electron chi connectivity index (χ1n) is 6.32. The molecular weight excluding hydrogens is 272 g/mol. The molecule has 0 bridgehead atoms. The minimum Gasteiger partial charge on any atom is -0.469 e. The van der Waals surface area contributed by atoms with Crippen molar-refractivity contribution in [2.24, 2.45) is 11.1 Å². The van der Waals surface area contributed by atoms with E-state index in [2.05, 4.69) is 0 Å². The number of hydrogen-bond acceptors (Lipinski definition) is 3. The van der Waals surface area contributed by atoms with E-state index in [0.717, 1.165) is 16.5 Å². The zero-order valence-corrected chi connectivity index (χ0v) is 12.7. The number of benzene rings is 1. The largest absolute Gasteiger partial charge is 0.469 e. The van der Waals surface area contributed by atoms with Gasteiger partial charge in [-0.2, -0.15) is 0 Å². The molecule has 4 nitrogen and oxygen atoms in total. The Morgan fingerprint density at radius 2 is 2.10 bits per heavy atom. The summed E-state index contributed by atoms with van der Waals surface area (Å²) >= 11 is 4.98. The molecule has 0 aliphatic rings. The lowest BCUT2D eigenvalue weighted by molar-refractivity contribution is -0.151. The van der Waals surface area contributed by atoms with E-state index in [9.17, 15) is 4.79 Å². The van der Waals surface area contributed by atoms with Crippen molar-refractivity contribution in [2.45, 2.75) is 20.4 Å². The highest BCUT2D eigenvalue weighted by Crippen LogP contribution is 2.25. The summed E-state index contributed by atoms with van der Waals surface area (Å²) in [6, 6.07) is 7.81. The summed E-state index contributed by atoms with van der Waals surface area (Å²) in [5, 5.41) is 1.05.